The van der Waals surface area contributed by atoms with E-state index in [0.29, 0.717) is 59.8 Å². The fourth-order valence-electron chi connectivity index (χ4n) is 3.23. The van der Waals surface area contributed by atoms with E-state index in [4.69, 9.17) is 33.7 Å². The van der Waals surface area contributed by atoms with Crippen LogP contribution in [0.3, 0.4) is 0 Å². The Morgan fingerprint density at radius 1 is 0.879 bits per heavy atom. The van der Waals surface area contributed by atoms with Crippen LogP contribution in [0.4, 0.5) is 11.4 Å². The molecule has 0 spiro atoms. The second kappa shape index (κ2) is 12.1. The van der Waals surface area contributed by atoms with Crippen molar-refractivity contribution in [1.82, 2.24) is 0 Å². The zero-order valence-corrected chi connectivity index (χ0v) is 20.4. The van der Waals surface area contributed by atoms with Crippen molar-refractivity contribution in [2.45, 2.75) is 17.7 Å². The average molecular weight is 508 g/mol. The molecule has 33 heavy (non-hydrogen) atoms. The minimum Gasteiger partial charge on any atom is -0.492 e. The minimum atomic E-state index is -3.80. The summed E-state index contributed by atoms with van der Waals surface area (Å²) in [4.78, 5) is 0.181. The number of nitrogens with zero attached hydrogens (tertiary/aromatic N) is 1. The van der Waals surface area contributed by atoms with Gasteiger partial charge < -0.3 is 15.8 Å². The van der Waals surface area contributed by atoms with Crippen LogP contribution in [-0.2, 0) is 10.0 Å². The molecular weight excluding hydrogens is 481 g/mol. The van der Waals surface area contributed by atoms with Gasteiger partial charge in [0.05, 0.1) is 16.3 Å². The van der Waals surface area contributed by atoms with Crippen LogP contribution in [0.25, 0.3) is 0 Å². The van der Waals surface area contributed by atoms with Gasteiger partial charge in [0.1, 0.15) is 12.4 Å². The third-order valence-electron chi connectivity index (χ3n) is 4.89. The smallest absolute Gasteiger partial charge is 0.264 e. The Hall–Kier alpha value is -2.45. The molecule has 0 unspecified atom stereocenters. The molecule has 0 aliphatic rings. The van der Waals surface area contributed by atoms with Gasteiger partial charge in [0.2, 0.25) is 0 Å². The third kappa shape index (κ3) is 7.01. The van der Waals surface area contributed by atoms with Crippen molar-refractivity contribution in [2.75, 3.05) is 35.9 Å². The highest BCUT2D eigenvalue weighted by Crippen LogP contribution is 2.31. The number of hydrogen-bond acceptors (Lipinski definition) is 5. The lowest BCUT2D eigenvalue weighted by Gasteiger charge is -2.27. The quantitative estimate of drug-likeness (QED) is 0.319. The summed E-state index contributed by atoms with van der Waals surface area (Å²) in [5, 5.41) is 4.42. The number of halogens is 2. The highest BCUT2D eigenvalue weighted by molar-refractivity contribution is 7.92. The van der Waals surface area contributed by atoms with Gasteiger partial charge in [-0.1, -0.05) is 35.3 Å². The van der Waals surface area contributed by atoms with Crippen molar-refractivity contribution in [3.05, 3.63) is 82.8 Å². The van der Waals surface area contributed by atoms with Crippen LogP contribution in [0.2, 0.25) is 10.0 Å². The van der Waals surface area contributed by atoms with E-state index in [1.54, 1.807) is 42.5 Å². The molecule has 9 heteroatoms. The van der Waals surface area contributed by atoms with Gasteiger partial charge in [0.25, 0.3) is 10.0 Å². The molecule has 0 heterocycles. The molecular formula is C24H27Cl2N3O3S. The zero-order chi connectivity index (χ0) is 23.7. The van der Waals surface area contributed by atoms with E-state index in [2.05, 4.69) is 5.32 Å². The standard InChI is InChI=1S/C24H27Cl2N3O3S/c25-19-7-11-21(12-8-19)32-18-16-28-23-5-1-2-6-24(23)29(17-4-3-15-27)33(30,31)22-13-9-20(26)10-14-22/h1-2,5-14,28H,3-4,15-18,27H2. The van der Waals surface area contributed by atoms with Crippen molar-refractivity contribution < 1.29 is 13.2 Å². The summed E-state index contributed by atoms with van der Waals surface area (Å²) in [5.41, 5.74) is 6.90. The predicted octanol–water partition coefficient (Wildman–Crippen LogP) is 5.42. The van der Waals surface area contributed by atoms with Crippen LogP contribution in [0.5, 0.6) is 5.75 Å². The molecule has 176 valence electrons. The zero-order valence-electron chi connectivity index (χ0n) is 18.1. The molecule has 0 saturated heterocycles. The van der Waals surface area contributed by atoms with Crippen LogP contribution in [-0.4, -0.2) is 34.7 Å². The maximum atomic E-state index is 13.5. The van der Waals surface area contributed by atoms with Crippen molar-refractivity contribution in [3.8, 4) is 5.75 Å². The summed E-state index contributed by atoms with van der Waals surface area (Å²) in [5.74, 6) is 0.711. The molecule has 6 nitrogen and oxygen atoms in total. The Balaban J connectivity index is 1.79. The molecule has 3 aromatic carbocycles. The first-order valence-corrected chi connectivity index (χ1v) is 12.8. The third-order valence-corrected chi connectivity index (χ3v) is 7.22. The van der Waals surface area contributed by atoms with Gasteiger partial charge >= 0.3 is 0 Å². The number of unbranched alkanes of at least 4 members (excludes halogenated alkanes) is 1. The molecule has 0 saturated carbocycles. The van der Waals surface area contributed by atoms with E-state index in [-0.39, 0.29) is 4.90 Å². The SMILES string of the molecule is NCCCCN(c1ccccc1NCCOc1ccc(Cl)cc1)S(=O)(=O)c1ccc(Cl)cc1. The van der Waals surface area contributed by atoms with Crippen LogP contribution < -0.4 is 20.1 Å². The molecule has 3 N–H and O–H groups in total. The average Bonchev–Trinajstić information content (AvgIpc) is 2.81. The number of nitrogens with two attached hydrogens (primary N) is 1. The second-order valence-electron chi connectivity index (χ2n) is 7.27. The lowest BCUT2D eigenvalue weighted by Crippen LogP contribution is -2.33. The summed E-state index contributed by atoms with van der Waals surface area (Å²) >= 11 is 11.9. The molecule has 0 aliphatic heterocycles. The van der Waals surface area contributed by atoms with E-state index in [1.807, 2.05) is 18.2 Å². The first-order valence-electron chi connectivity index (χ1n) is 10.6. The van der Waals surface area contributed by atoms with E-state index in [9.17, 15) is 8.42 Å². The van der Waals surface area contributed by atoms with Crippen LogP contribution in [0, 0.1) is 0 Å². The van der Waals surface area contributed by atoms with Crippen LogP contribution in [0.15, 0.2) is 77.7 Å². The van der Waals surface area contributed by atoms with Gasteiger partial charge in [-0.25, -0.2) is 8.42 Å². The normalized spacial score (nSPS) is 11.2. The molecule has 0 aliphatic carbocycles. The van der Waals surface area contributed by atoms with Crippen molar-refractivity contribution >= 4 is 44.6 Å². The number of hydrogen-bond donors (Lipinski definition) is 2. The molecule has 0 atom stereocenters. The first-order chi connectivity index (χ1) is 15.9. The van der Waals surface area contributed by atoms with Gasteiger partial charge in [0.15, 0.2) is 0 Å². The molecule has 0 radical (unpaired) electrons. The Bertz CT molecular complexity index is 1120. The first kappa shape index (κ1) is 25.2. The number of ether oxygens (including phenoxy) is 1. The summed E-state index contributed by atoms with van der Waals surface area (Å²) in [7, 11) is -3.80. The lowest BCUT2D eigenvalue weighted by atomic mass is 10.2. The predicted molar refractivity (Wildman–Crippen MR) is 136 cm³/mol. The second-order valence-corrected chi connectivity index (χ2v) is 10.0. The molecule has 0 amide bonds. The molecule has 0 aromatic heterocycles. The van der Waals surface area contributed by atoms with Gasteiger partial charge in [0, 0.05) is 23.1 Å². The van der Waals surface area contributed by atoms with Gasteiger partial charge in [-0.05, 0) is 80.1 Å². The highest BCUT2D eigenvalue weighted by atomic mass is 35.5. The van der Waals surface area contributed by atoms with Gasteiger partial charge in [-0.3, -0.25) is 4.31 Å². The van der Waals surface area contributed by atoms with Crippen LogP contribution >= 0.6 is 23.2 Å². The fourth-order valence-corrected chi connectivity index (χ4v) is 5.00. The maximum Gasteiger partial charge on any atom is 0.264 e. The number of sulfonamides is 1. The van der Waals surface area contributed by atoms with Gasteiger partial charge in [-0.2, -0.15) is 0 Å². The fraction of sp³-hybridized carbons (Fsp3) is 0.250. The summed E-state index contributed by atoms with van der Waals surface area (Å²) in [6.07, 6.45) is 1.36. The monoisotopic (exact) mass is 507 g/mol. The molecule has 3 rings (SSSR count). The number of para-hydroxylation sites is 2. The summed E-state index contributed by atoms with van der Waals surface area (Å²) in [6, 6.07) is 20.6. The van der Waals surface area contributed by atoms with Crippen molar-refractivity contribution in [3.63, 3.8) is 0 Å². The van der Waals surface area contributed by atoms with E-state index >= 15 is 0 Å². The number of nitrogens with one attached hydrogen (secondary N) is 1. The Kier molecular flexibility index (Phi) is 9.26. The van der Waals surface area contributed by atoms with Gasteiger partial charge in [-0.15, -0.1) is 0 Å². The highest BCUT2D eigenvalue weighted by Gasteiger charge is 2.26. The number of rotatable bonds is 12. The molecule has 0 bridgehead atoms. The lowest BCUT2D eigenvalue weighted by molar-refractivity contribution is 0.333. The summed E-state index contributed by atoms with van der Waals surface area (Å²) < 4.78 is 34.2. The Labute approximate surface area is 205 Å². The van der Waals surface area contributed by atoms with Crippen LogP contribution in [0.1, 0.15) is 12.8 Å². The molecule has 0 fully saturated rings. The maximum absolute atomic E-state index is 13.5. The van der Waals surface area contributed by atoms with Crippen molar-refractivity contribution in [1.29, 1.82) is 0 Å². The number of anilines is 2. The van der Waals surface area contributed by atoms with Crippen molar-refractivity contribution in [2.24, 2.45) is 5.73 Å². The Morgan fingerprint density at radius 3 is 2.18 bits per heavy atom. The van der Waals surface area contributed by atoms with E-state index < -0.39 is 10.0 Å². The number of benzene rings is 3. The Morgan fingerprint density at radius 2 is 1.52 bits per heavy atom. The largest absolute Gasteiger partial charge is 0.492 e. The van der Waals surface area contributed by atoms with E-state index in [0.717, 1.165) is 6.42 Å². The van der Waals surface area contributed by atoms with E-state index in [1.165, 1.54) is 16.4 Å². The topological polar surface area (TPSA) is 84.7 Å². The minimum absolute atomic E-state index is 0.181. The summed E-state index contributed by atoms with van der Waals surface area (Å²) in [6.45, 7) is 1.68. The molecule has 3 aromatic rings.